The average molecular weight is 361 g/mol. The fourth-order valence-electron chi connectivity index (χ4n) is 3.08. The number of benzene rings is 2. The zero-order chi connectivity index (χ0) is 19.2. The van der Waals surface area contributed by atoms with Crippen LogP contribution in [0.15, 0.2) is 60.8 Å². The first-order valence-corrected chi connectivity index (χ1v) is 8.98. The van der Waals surface area contributed by atoms with Gasteiger partial charge in [0.05, 0.1) is 11.2 Å². The third-order valence-electron chi connectivity index (χ3n) is 4.42. The van der Waals surface area contributed by atoms with Crippen LogP contribution in [0.1, 0.15) is 24.5 Å². The summed E-state index contributed by atoms with van der Waals surface area (Å²) in [6.07, 6.45) is 1.94. The van der Waals surface area contributed by atoms with Crippen LogP contribution >= 0.6 is 0 Å². The maximum Gasteiger partial charge on any atom is 0.223 e. The van der Waals surface area contributed by atoms with Crippen molar-refractivity contribution < 1.29 is 9.59 Å². The number of aryl methyl sites for hydroxylation is 1. The fourth-order valence-corrected chi connectivity index (χ4v) is 3.08. The van der Waals surface area contributed by atoms with Crippen molar-refractivity contribution in [3.8, 4) is 0 Å². The number of hydrogen-bond donors (Lipinski definition) is 1. The molecule has 0 fully saturated rings. The number of aromatic nitrogens is 1. The van der Waals surface area contributed by atoms with Gasteiger partial charge in [-0.15, -0.1) is 0 Å². The number of pyridine rings is 1. The van der Waals surface area contributed by atoms with Crippen LogP contribution in [-0.2, 0) is 16.1 Å². The molecule has 0 aliphatic rings. The number of carbonyl (C=O) groups excluding carboxylic acids is 2. The van der Waals surface area contributed by atoms with Gasteiger partial charge in [0.25, 0.3) is 0 Å². The second-order valence-electron chi connectivity index (χ2n) is 6.54. The van der Waals surface area contributed by atoms with Crippen LogP contribution < -0.4 is 10.2 Å². The molecule has 1 aromatic heterocycles. The molecule has 3 aromatic rings. The van der Waals surface area contributed by atoms with Gasteiger partial charge in [0.1, 0.15) is 0 Å². The molecule has 0 bridgehead atoms. The number of para-hydroxylation sites is 1. The van der Waals surface area contributed by atoms with Gasteiger partial charge in [-0.1, -0.05) is 48.0 Å². The number of nitrogens with zero attached hydrogens (tertiary/aromatic N) is 2. The molecule has 0 radical (unpaired) electrons. The summed E-state index contributed by atoms with van der Waals surface area (Å²) in [6, 6.07) is 17.6. The largest absolute Gasteiger partial charge is 0.352 e. The first kappa shape index (κ1) is 18.6. The normalized spacial score (nSPS) is 10.6. The molecule has 3 rings (SSSR count). The monoisotopic (exact) mass is 361 g/mol. The lowest BCUT2D eigenvalue weighted by Gasteiger charge is -2.22. The van der Waals surface area contributed by atoms with Crippen LogP contribution in [0.25, 0.3) is 10.9 Å². The summed E-state index contributed by atoms with van der Waals surface area (Å²) in [6.45, 7) is 4.32. The highest BCUT2D eigenvalue weighted by molar-refractivity contribution is 6.01. The molecule has 0 unspecified atom stereocenters. The fraction of sp³-hybridized carbons (Fsp3) is 0.227. The maximum atomic E-state index is 12.3. The summed E-state index contributed by atoms with van der Waals surface area (Å²) < 4.78 is 0. The van der Waals surface area contributed by atoms with Gasteiger partial charge >= 0.3 is 0 Å². The SMILES string of the molecule is CC(=O)N(CCC(=O)NCc1cccc(C)c1)c1cccc2cccnc12. The lowest BCUT2D eigenvalue weighted by Crippen LogP contribution is -2.34. The van der Waals surface area contributed by atoms with Crippen molar-refractivity contribution >= 4 is 28.4 Å². The van der Waals surface area contributed by atoms with Crippen LogP contribution in [-0.4, -0.2) is 23.3 Å². The topological polar surface area (TPSA) is 62.3 Å². The lowest BCUT2D eigenvalue weighted by atomic mass is 10.1. The van der Waals surface area contributed by atoms with E-state index in [-0.39, 0.29) is 18.2 Å². The molecule has 0 aliphatic carbocycles. The Labute approximate surface area is 159 Å². The number of rotatable bonds is 6. The predicted molar refractivity (Wildman–Crippen MR) is 107 cm³/mol. The highest BCUT2D eigenvalue weighted by atomic mass is 16.2. The van der Waals surface area contributed by atoms with E-state index in [2.05, 4.69) is 10.3 Å². The molecule has 5 heteroatoms. The first-order valence-electron chi connectivity index (χ1n) is 8.98. The molecule has 2 aromatic carbocycles. The summed E-state index contributed by atoms with van der Waals surface area (Å²) in [5.41, 5.74) is 3.71. The molecular weight excluding hydrogens is 338 g/mol. The molecule has 0 aliphatic heterocycles. The van der Waals surface area contributed by atoms with Gasteiger partial charge in [0, 0.05) is 38.0 Å². The van der Waals surface area contributed by atoms with E-state index in [0.717, 1.165) is 27.7 Å². The Morgan fingerprint density at radius 1 is 1.07 bits per heavy atom. The zero-order valence-electron chi connectivity index (χ0n) is 15.6. The van der Waals surface area contributed by atoms with Gasteiger partial charge in [-0.05, 0) is 24.6 Å². The van der Waals surface area contributed by atoms with Crippen molar-refractivity contribution in [2.24, 2.45) is 0 Å². The highest BCUT2D eigenvalue weighted by Crippen LogP contribution is 2.25. The van der Waals surface area contributed by atoms with E-state index < -0.39 is 0 Å². The van der Waals surface area contributed by atoms with Crippen LogP contribution in [0.5, 0.6) is 0 Å². The van der Waals surface area contributed by atoms with E-state index in [9.17, 15) is 9.59 Å². The molecule has 5 nitrogen and oxygen atoms in total. The molecular formula is C22H23N3O2. The van der Waals surface area contributed by atoms with Crippen molar-refractivity contribution in [2.75, 3.05) is 11.4 Å². The standard InChI is InChI=1S/C22H23N3O2/c1-16-6-3-7-18(14-16)15-24-21(27)11-13-25(17(2)26)20-10-4-8-19-9-5-12-23-22(19)20/h3-10,12,14H,11,13,15H2,1-2H3,(H,24,27). The van der Waals surface area contributed by atoms with E-state index >= 15 is 0 Å². The van der Waals surface area contributed by atoms with Gasteiger partial charge in [0.2, 0.25) is 11.8 Å². The predicted octanol–water partition coefficient (Wildman–Crippen LogP) is 3.60. The smallest absolute Gasteiger partial charge is 0.223 e. The zero-order valence-corrected chi connectivity index (χ0v) is 15.6. The molecule has 0 spiro atoms. The van der Waals surface area contributed by atoms with Crippen molar-refractivity contribution in [2.45, 2.75) is 26.8 Å². The first-order chi connectivity index (χ1) is 13.0. The Hall–Kier alpha value is -3.21. The van der Waals surface area contributed by atoms with Gasteiger partial charge in [-0.3, -0.25) is 14.6 Å². The Bertz CT molecular complexity index is 963. The highest BCUT2D eigenvalue weighted by Gasteiger charge is 2.16. The second kappa shape index (κ2) is 8.45. The molecule has 0 saturated heterocycles. The van der Waals surface area contributed by atoms with Crippen molar-refractivity contribution in [1.82, 2.24) is 10.3 Å². The number of carbonyl (C=O) groups is 2. The minimum Gasteiger partial charge on any atom is -0.352 e. The van der Waals surface area contributed by atoms with Crippen LogP contribution in [0, 0.1) is 6.92 Å². The average Bonchev–Trinajstić information content (AvgIpc) is 2.66. The van der Waals surface area contributed by atoms with E-state index in [1.54, 1.807) is 11.1 Å². The van der Waals surface area contributed by atoms with Crippen LogP contribution in [0.2, 0.25) is 0 Å². The van der Waals surface area contributed by atoms with Gasteiger partial charge in [0.15, 0.2) is 0 Å². The van der Waals surface area contributed by atoms with Crippen molar-refractivity contribution in [1.29, 1.82) is 0 Å². The summed E-state index contributed by atoms with van der Waals surface area (Å²) in [4.78, 5) is 30.5. The van der Waals surface area contributed by atoms with E-state index in [4.69, 9.17) is 0 Å². The molecule has 0 saturated carbocycles. The Morgan fingerprint density at radius 3 is 2.63 bits per heavy atom. The Kier molecular flexibility index (Phi) is 5.81. The maximum absolute atomic E-state index is 12.3. The molecule has 1 heterocycles. The van der Waals surface area contributed by atoms with Crippen LogP contribution in [0.4, 0.5) is 5.69 Å². The third-order valence-corrected chi connectivity index (χ3v) is 4.42. The third kappa shape index (κ3) is 4.70. The summed E-state index contributed by atoms with van der Waals surface area (Å²) in [7, 11) is 0. The molecule has 0 atom stereocenters. The van der Waals surface area contributed by atoms with Gasteiger partial charge in [-0.25, -0.2) is 0 Å². The molecule has 1 N–H and O–H groups in total. The summed E-state index contributed by atoms with van der Waals surface area (Å²) in [5.74, 6) is -0.199. The molecule has 138 valence electrons. The number of hydrogen-bond acceptors (Lipinski definition) is 3. The Morgan fingerprint density at radius 2 is 1.85 bits per heavy atom. The summed E-state index contributed by atoms with van der Waals surface area (Å²) >= 11 is 0. The van der Waals surface area contributed by atoms with Gasteiger partial charge < -0.3 is 10.2 Å². The van der Waals surface area contributed by atoms with Crippen molar-refractivity contribution in [3.05, 3.63) is 71.9 Å². The number of amides is 2. The Balaban J connectivity index is 1.66. The van der Waals surface area contributed by atoms with E-state index in [0.29, 0.717) is 13.1 Å². The van der Waals surface area contributed by atoms with Gasteiger partial charge in [-0.2, -0.15) is 0 Å². The summed E-state index contributed by atoms with van der Waals surface area (Å²) in [5, 5.41) is 3.88. The molecule has 2 amide bonds. The minimum absolute atomic E-state index is 0.0871. The number of fused-ring (bicyclic) bond motifs is 1. The number of anilines is 1. The van der Waals surface area contributed by atoms with E-state index in [1.165, 1.54) is 6.92 Å². The van der Waals surface area contributed by atoms with Crippen LogP contribution in [0.3, 0.4) is 0 Å². The number of nitrogens with one attached hydrogen (secondary N) is 1. The van der Waals surface area contributed by atoms with Crippen molar-refractivity contribution in [3.63, 3.8) is 0 Å². The second-order valence-corrected chi connectivity index (χ2v) is 6.54. The van der Waals surface area contributed by atoms with E-state index in [1.807, 2.05) is 61.5 Å². The molecule has 27 heavy (non-hydrogen) atoms. The minimum atomic E-state index is -0.111. The quantitative estimate of drug-likeness (QED) is 0.730. The lowest BCUT2D eigenvalue weighted by molar-refractivity contribution is -0.121.